The Hall–Kier alpha value is -1.13. The van der Waals surface area contributed by atoms with Gasteiger partial charge in [0, 0.05) is 37.5 Å². The van der Waals surface area contributed by atoms with Gasteiger partial charge in [-0.1, -0.05) is 0 Å². The molecule has 0 radical (unpaired) electrons. The zero-order valence-electron chi connectivity index (χ0n) is 10.8. The molecule has 0 amide bonds. The normalized spacial score (nSPS) is 24.9. The maximum absolute atomic E-state index is 13.0. The Morgan fingerprint density at radius 3 is 2.78 bits per heavy atom. The monoisotopic (exact) mass is 252 g/mol. The van der Waals surface area contributed by atoms with Crippen molar-refractivity contribution in [2.75, 3.05) is 24.6 Å². The SMILES string of the molecule is CC1CCN(c2ccc(F)cc2)C(CCO)CN1. The third-order valence-corrected chi connectivity index (χ3v) is 3.57. The predicted molar refractivity (Wildman–Crippen MR) is 71.3 cm³/mol. The van der Waals surface area contributed by atoms with E-state index in [2.05, 4.69) is 17.1 Å². The summed E-state index contributed by atoms with van der Waals surface area (Å²) in [5.74, 6) is -0.209. The zero-order valence-corrected chi connectivity index (χ0v) is 10.8. The van der Waals surface area contributed by atoms with Crippen LogP contribution in [0, 0.1) is 5.82 Å². The van der Waals surface area contributed by atoms with E-state index in [1.165, 1.54) is 12.1 Å². The summed E-state index contributed by atoms with van der Waals surface area (Å²) >= 11 is 0. The van der Waals surface area contributed by atoms with E-state index in [1.807, 2.05) is 12.1 Å². The molecular formula is C14H21FN2O. The second-order valence-electron chi connectivity index (χ2n) is 4.93. The average molecular weight is 252 g/mol. The summed E-state index contributed by atoms with van der Waals surface area (Å²) in [5.41, 5.74) is 1.03. The molecule has 0 aromatic heterocycles. The number of benzene rings is 1. The molecule has 1 saturated heterocycles. The van der Waals surface area contributed by atoms with Gasteiger partial charge in [0.05, 0.1) is 0 Å². The molecule has 1 aliphatic rings. The standard InChI is InChI=1S/C14H21FN2O/c1-11-6-8-17(14(7-9-18)10-16-11)13-4-2-12(15)3-5-13/h2-5,11,14,16,18H,6-10H2,1H3. The zero-order chi connectivity index (χ0) is 13.0. The number of hydrogen-bond donors (Lipinski definition) is 2. The first-order valence-corrected chi connectivity index (χ1v) is 6.57. The van der Waals surface area contributed by atoms with Crippen molar-refractivity contribution in [2.45, 2.75) is 31.8 Å². The first-order valence-electron chi connectivity index (χ1n) is 6.57. The topological polar surface area (TPSA) is 35.5 Å². The Morgan fingerprint density at radius 1 is 1.39 bits per heavy atom. The van der Waals surface area contributed by atoms with E-state index >= 15 is 0 Å². The highest BCUT2D eigenvalue weighted by Gasteiger charge is 2.23. The number of halogens is 1. The predicted octanol–water partition coefficient (Wildman–Crippen LogP) is 1.76. The van der Waals surface area contributed by atoms with E-state index in [-0.39, 0.29) is 18.5 Å². The third-order valence-electron chi connectivity index (χ3n) is 3.57. The molecule has 18 heavy (non-hydrogen) atoms. The minimum atomic E-state index is -0.209. The first-order chi connectivity index (χ1) is 8.70. The molecule has 1 aliphatic heterocycles. The van der Waals surface area contributed by atoms with Gasteiger partial charge in [0.25, 0.3) is 0 Å². The van der Waals surface area contributed by atoms with Crippen molar-refractivity contribution < 1.29 is 9.50 Å². The summed E-state index contributed by atoms with van der Waals surface area (Å²) in [7, 11) is 0. The van der Waals surface area contributed by atoms with Crippen LogP contribution in [0.25, 0.3) is 0 Å². The number of anilines is 1. The maximum atomic E-state index is 13.0. The van der Waals surface area contributed by atoms with Gasteiger partial charge in [-0.05, 0) is 44.0 Å². The molecular weight excluding hydrogens is 231 g/mol. The Kier molecular flexibility index (Phi) is 4.55. The van der Waals surface area contributed by atoms with E-state index in [1.54, 1.807) is 0 Å². The second kappa shape index (κ2) is 6.16. The molecule has 0 saturated carbocycles. The lowest BCUT2D eigenvalue weighted by molar-refractivity contribution is 0.272. The first kappa shape index (κ1) is 13.3. The van der Waals surface area contributed by atoms with Gasteiger partial charge in [0.1, 0.15) is 5.82 Å². The average Bonchev–Trinajstić information content (AvgIpc) is 2.54. The van der Waals surface area contributed by atoms with Crippen molar-refractivity contribution in [2.24, 2.45) is 0 Å². The van der Waals surface area contributed by atoms with Crippen LogP contribution >= 0.6 is 0 Å². The Morgan fingerprint density at radius 2 is 2.11 bits per heavy atom. The molecule has 2 unspecified atom stereocenters. The van der Waals surface area contributed by atoms with Crippen molar-refractivity contribution in [1.82, 2.24) is 5.32 Å². The van der Waals surface area contributed by atoms with Crippen LogP contribution < -0.4 is 10.2 Å². The van der Waals surface area contributed by atoms with Crippen LogP contribution in [0.1, 0.15) is 19.8 Å². The molecule has 1 fully saturated rings. The highest BCUT2D eigenvalue weighted by atomic mass is 19.1. The number of rotatable bonds is 3. The molecule has 1 aromatic rings. The van der Waals surface area contributed by atoms with Crippen LogP contribution in [-0.2, 0) is 0 Å². The number of aliphatic hydroxyl groups excluding tert-OH is 1. The van der Waals surface area contributed by atoms with E-state index in [4.69, 9.17) is 0 Å². The van der Waals surface area contributed by atoms with Crippen LogP contribution in [0.2, 0.25) is 0 Å². The Balaban J connectivity index is 2.17. The smallest absolute Gasteiger partial charge is 0.123 e. The lowest BCUT2D eigenvalue weighted by atomic mass is 10.1. The van der Waals surface area contributed by atoms with Gasteiger partial charge >= 0.3 is 0 Å². The number of aliphatic hydroxyl groups is 1. The summed E-state index contributed by atoms with van der Waals surface area (Å²) in [6.45, 7) is 4.14. The fourth-order valence-electron chi connectivity index (χ4n) is 2.44. The summed E-state index contributed by atoms with van der Waals surface area (Å²) in [6.07, 6.45) is 1.79. The van der Waals surface area contributed by atoms with Gasteiger partial charge in [-0.25, -0.2) is 4.39 Å². The molecule has 4 heteroatoms. The molecule has 0 aliphatic carbocycles. The highest BCUT2D eigenvalue weighted by Crippen LogP contribution is 2.21. The van der Waals surface area contributed by atoms with Gasteiger partial charge in [0.2, 0.25) is 0 Å². The fourth-order valence-corrected chi connectivity index (χ4v) is 2.44. The van der Waals surface area contributed by atoms with E-state index in [9.17, 15) is 9.50 Å². The number of nitrogens with one attached hydrogen (secondary N) is 1. The fraction of sp³-hybridized carbons (Fsp3) is 0.571. The van der Waals surface area contributed by atoms with E-state index in [0.29, 0.717) is 6.04 Å². The Labute approximate surface area is 108 Å². The van der Waals surface area contributed by atoms with Gasteiger partial charge in [0.15, 0.2) is 0 Å². The quantitative estimate of drug-likeness (QED) is 0.860. The summed E-state index contributed by atoms with van der Waals surface area (Å²) in [6, 6.07) is 7.37. The molecule has 3 nitrogen and oxygen atoms in total. The molecule has 2 rings (SSSR count). The van der Waals surface area contributed by atoms with Gasteiger partial charge in [-0.15, -0.1) is 0 Å². The van der Waals surface area contributed by atoms with E-state index < -0.39 is 0 Å². The highest BCUT2D eigenvalue weighted by molar-refractivity contribution is 5.47. The minimum absolute atomic E-state index is 0.179. The molecule has 1 heterocycles. The molecule has 2 N–H and O–H groups in total. The lowest BCUT2D eigenvalue weighted by Crippen LogP contribution is -2.41. The van der Waals surface area contributed by atoms with Crippen LogP contribution in [0.15, 0.2) is 24.3 Å². The number of nitrogens with zero attached hydrogens (tertiary/aromatic N) is 1. The maximum Gasteiger partial charge on any atom is 0.123 e. The minimum Gasteiger partial charge on any atom is -0.396 e. The molecule has 0 bridgehead atoms. The number of hydrogen-bond acceptors (Lipinski definition) is 3. The van der Waals surface area contributed by atoms with Crippen molar-refractivity contribution in [3.8, 4) is 0 Å². The molecule has 1 aromatic carbocycles. The van der Waals surface area contributed by atoms with Gasteiger partial charge in [-0.2, -0.15) is 0 Å². The summed E-state index contributed by atoms with van der Waals surface area (Å²) in [4.78, 5) is 2.27. The van der Waals surface area contributed by atoms with Crippen LogP contribution in [0.4, 0.5) is 10.1 Å². The van der Waals surface area contributed by atoms with Crippen molar-refractivity contribution in [3.05, 3.63) is 30.1 Å². The van der Waals surface area contributed by atoms with Crippen molar-refractivity contribution in [3.63, 3.8) is 0 Å². The van der Waals surface area contributed by atoms with Crippen LogP contribution in [0.5, 0.6) is 0 Å². The third kappa shape index (κ3) is 3.21. The second-order valence-corrected chi connectivity index (χ2v) is 4.93. The van der Waals surface area contributed by atoms with Gasteiger partial charge in [-0.3, -0.25) is 0 Å². The summed E-state index contributed by atoms with van der Waals surface area (Å²) in [5, 5.41) is 12.6. The van der Waals surface area contributed by atoms with Crippen LogP contribution in [0.3, 0.4) is 0 Å². The van der Waals surface area contributed by atoms with Crippen LogP contribution in [-0.4, -0.2) is 36.9 Å². The summed E-state index contributed by atoms with van der Waals surface area (Å²) < 4.78 is 13.0. The van der Waals surface area contributed by atoms with Crippen molar-refractivity contribution in [1.29, 1.82) is 0 Å². The van der Waals surface area contributed by atoms with Gasteiger partial charge < -0.3 is 15.3 Å². The van der Waals surface area contributed by atoms with E-state index in [0.717, 1.165) is 31.6 Å². The van der Waals surface area contributed by atoms with Crippen molar-refractivity contribution >= 4 is 5.69 Å². The lowest BCUT2D eigenvalue weighted by Gasteiger charge is -2.31. The Bertz CT molecular complexity index is 369. The molecule has 0 spiro atoms. The molecule has 2 atom stereocenters. The molecule has 100 valence electrons. The largest absolute Gasteiger partial charge is 0.396 e.